The molecule has 1 aliphatic heterocycles. The van der Waals surface area contributed by atoms with Gasteiger partial charge in [-0.2, -0.15) is 4.72 Å². The maximum Gasteiger partial charge on any atom is 0.324 e. The average molecular weight is 276 g/mol. The highest BCUT2D eigenvalue weighted by Gasteiger charge is 2.31. The molecule has 0 amide bonds. The molecule has 0 bridgehead atoms. The van der Waals surface area contributed by atoms with Crippen LogP contribution in [-0.2, 0) is 19.6 Å². The minimum atomic E-state index is -3.70. The molecular formula is C10H10ClNO4S. The Morgan fingerprint density at radius 1 is 1.29 bits per heavy atom. The standard InChI is InChI=1S/C10H10ClNO4S/c11-7-1-3-8(4-2-7)17(14,15)12-9-5-6-16-10(9)13/h1-4,9,12H,5-6H2. The highest BCUT2D eigenvalue weighted by molar-refractivity contribution is 7.89. The SMILES string of the molecule is O=C1OCCC1NS(=O)(=O)c1ccc(Cl)cc1. The maximum atomic E-state index is 11.9. The summed E-state index contributed by atoms with van der Waals surface area (Å²) in [7, 11) is -3.70. The Hall–Kier alpha value is -1.11. The monoisotopic (exact) mass is 275 g/mol. The van der Waals surface area contributed by atoms with E-state index in [0.29, 0.717) is 11.4 Å². The third-order valence-electron chi connectivity index (χ3n) is 2.36. The van der Waals surface area contributed by atoms with Gasteiger partial charge in [0.2, 0.25) is 10.0 Å². The summed E-state index contributed by atoms with van der Waals surface area (Å²) in [6.07, 6.45) is 0.353. The van der Waals surface area contributed by atoms with Gasteiger partial charge in [0.05, 0.1) is 11.5 Å². The quantitative estimate of drug-likeness (QED) is 0.833. The lowest BCUT2D eigenvalue weighted by molar-refractivity contribution is -0.139. The van der Waals surface area contributed by atoms with Gasteiger partial charge in [-0.15, -0.1) is 0 Å². The Balaban J connectivity index is 2.19. The van der Waals surface area contributed by atoms with E-state index < -0.39 is 22.0 Å². The van der Waals surface area contributed by atoms with E-state index in [9.17, 15) is 13.2 Å². The van der Waals surface area contributed by atoms with Gasteiger partial charge >= 0.3 is 5.97 Å². The molecule has 0 aromatic heterocycles. The number of esters is 1. The van der Waals surface area contributed by atoms with E-state index in [1.54, 1.807) is 0 Å². The molecular weight excluding hydrogens is 266 g/mol. The largest absolute Gasteiger partial charge is 0.464 e. The first-order valence-corrected chi connectivity index (χ1v) is 6.80. The fraction of sp³-hybridized carbons (Fsp3) is 0.300. The number of halogens is 1. The van der Waals surface area contributed by atoms with Crippen molar-refractivity contribution in [3.63, 3.8) is 0 Å². The lowest BCUT2D eigenvalue weighted by Crippen LogP contribution is -2.37. The normalized spacial score (nSPS) is 20.3. The molecule has 1 saturated heterocycles. The molecule has 1 fully saturated rings. The molecule has 1 N–H and O–H groups in total. The lowest BCUT2D eigenvalue weighted by Gasteiger charge is -2.09. The highest BCUT2D eigenvalue weighted by Crippen LogP contribution is 2.16. The molecule has 0 saturated carbocycles. The molecule has 1 aliphatic rings. The van der Waals surface area contributed by atoms with Gasteiger partial charge in [-0.25, -0.2) is 8.42 Å². The summed E-state index contributed by atoms with van der Waals surface area (Å²) < 4.78 is 30.7. The molecule has 5 nitrogen and oxygen atoms in total. The molecule has 1 heterocycles. The highest BCUT2D eigenvalue weighted by atomic mass is 35.5. The predicted molar refractivity (Wildman–Crippen MR) is 61.1 cm³/mol. The number of cyclic esters (lactones) is 1. The van der Waals surface area contributed by atoms with Crippen LogP contribution in [0.3, 0.4) is 0 Å². The number of benzene rings is 1. The van der Waals surface area contributed by atoms with Crippen LogP contribution < -0.4 is 4.72 Å². The molecule has 7 heteroatoms. The minimum absolute atomic E-state index is 0.0709. The number of ether oxygens (including phenoxy) is 1. The van der Waals surface area contributed by atoms with E-state index in [-0.39, 0.29) is 11.5 Å². The Morgan fingerprint density at radius 2 is 1.94 bits per heavy atom. The van der Waals surface area contributed by atoms with Gasteiger partial charge in [0, 0.05) is 11.4 Å². The van der Waals surface area contributed by atoms with Crippen LogP contribution in [0.2, 0.25) is 5.02 Å². The maximum absolute atomic E-state index is 11.9. The van der Waals surface area contributed by atoms with Gasteiger partial charge in [0.1, 0.15) is 6.04 Å². The van der Waals surface area contributed by atoms with Gasteiger partial charge in [0.25, 0.3) is 0 Å². The molecule has 1 aromatic rings. The summed E-state index contributed by atoms with van der Waals surface area (Å²) in [4.78, 5) is 11.2. The zero-order valence-corrected chi connectivity index (χ0v) is 10.3. The van der Waals surface area contributed by atoms with Crippen LogP contribution in [0.1, 0.15) is 6.42 Å². The van der Waals surface area contributed by atoms with Crippen LogP contribution in [0.15, 0.2) is 29.2 Å². The first-order valence-electron chi connectivity index (χ1n) is 4.93. The second-order valence-electron chi connectivity index (χ2n) is 3.58. The topological polar surface area (TPSA) is 72.5 Å². The van der Waals surface area contributed by atoms with E-state index in [0.717, 1.165) is 0 Å². The number of sulfonamides is 1. The number of hydrogen-bond donors (Lipinski definition) is 1. The second-order valence-corrected chi connectivity index (χ2v) is 5.73. The second kappa shape index (κ2) is 4.64. The number of nitrogens with one attached hydrogen (secondary N) is 1. The summed E-state index contributed by atoms with van der Waals surface area (Å²) in [5.74, 6) is -0.539. The van der Waals surface area contributed by atoms with E-state index in [1.807, 2.05) is 0 Å². The van der Waals surface area contributed by atoms with Gasteiger partial charge in [-0.3, -0.25) is 4.79 Å². The van der Waals surface area contributed by atoms with Gasteiger partial charge in [0.15, 0.2) is 0 Å². The third kappa shape index (κ3) is 2.77. The molecule has 0 radical (unpaired) electrons. The van der Waals surface area contributed by atoms with Crippen molar-refractivity contribution in [2.24, 2.45) is 0 Å². The minimum Gasteiger partial charge on any atom is -0.464 e. The van der Waals surface area contributed by atoms with Crippen molar-refractivity contribution in [2.75, 3.05) is 6.61 Å². The molecule has 17 heavy (non-hydrogen) atoms. The van der Waals surface area contributed by atoms with Gasteiger partial charge < -0.3 is 4.74 Å². The smallest absolute Gasteiger partial charge is 0.324 e. The molecule has 2 rings (SSSR count). The fourth-order valence-corrected chi connectivity index (χ4v) is 2.82. The van der Waals surface area contributed by atoms with Crippen LogP contribution in [0.4, 0.5) is 0 Å². The zero-order chi connectivity index (χ0) is 12.5. The van der Waals surface area contributed by atoms with Crippen molar-refractivity contribution in [2.45, 2.75) is 17.4 Å². The predicted octanol–water partition coefficient (Wildman–Crippen LogP) is 0.934. The summed E-state index contributed by atoms with van der Waals surface area (Å²) in [5.41, 5.74) is 0. The van der Waals surface area contributed by atoms with Crippen LogP contribution in [0.5, 0.6) is 0 Å². The van der Waals surface area contributed by atoms with E-state index in [4.69, 9.17) is 11.6 Å². The first-order chi connectivity index (χ1) is 7.99. The van der Waals surface area contributed by atoms with Gasteiger partial charge in [-0.1, -0.05) is 11.6 Å². The van der Waals surface area contributed by atoms with Crippen molar-refractivity contribution in [1.82, 2.24) is 4.72 Å². The zero-order valence-electron chi connectivity index (χ0n) is 8.72. The van der Waals surface area contributed by atoms with Crippen molar-refractivity contribution in [1.29, 1.82) is 0 Å². The number of hydrogen-bond acceptors (Lipinski definition) is 4. The van der Waals surface area contributed by atoms with Crippen molar-refractivity contribution >= 4 is 27.6 Å². The molecule has 1 aromatic carbocycles. The molecule has 1 unspecified atom stereocenters. The Bertz CT molecular complexity index is 526. The van der Waals surface area contributed by atoms with Crippen molar-refractivity contribution < 1.29 is 17.9 Å². The van der Waals surface area contributed by atoms with E-state index in [2.05, 4.69) is 9.46 Å². The summed E-state index contributed by atoms with van der Waals surface area (Å²) >= 11 is 5.67. The summed E-state index contributed by atoms with van der Waals surface area (Å²) in [6, 6.07) is 4.91. The fourth-order valence-electron chi connectivity index (χ4n) is 1.47. The Morgan fingerprint density at radius 3 is 2.47 bits per heavy atom. The van der Waals surface area contributed by atoms with Crippen LogP contribution in [-0.4, -0.2) is 27.0 Å². The molecule has 1 atom stereocenters. The Labute approximate surface area is 104 Å². The molecule has 0 aliphatic carbocycles. The first kappa shape index (κ1) is 12.3. The Kier molecular flexibility index (Phi) is 3.37. The number of rotatable bonds is 3. The van der Waals surface area contributed by atoms with Gasteiger partial charge in [-0.05, 0) is 24.3 Å². The summed E-state index contributed by atoms with van der Waals surface area (Å²) in [6.45, 7) is 0.243. The van der Waals surface area contributed by atoms with E-state index in [1.165, 1.54) is 24.3 Å². The van der Waals surface area contributed by atoms with E-state index >= 15 is 0 Å². The van der Waals surface area contributed by atoms with Crippen LogP contribution in [0, 0.1) is 0 Å². The number of carbonyl (C=O) groups excluding carboxylic acids is 1. The van der Waals surface area contributed by atoms with Crippen LogP contribution >= 0.6 is 11.6 Å². The van der Waals surface area contributed by atoms with Crippen molar-refractivity contribution in [3.8, 4) is 0 Å². The van der Waals surface area contributed by atoms with Crippen molar-refractivity contribution in [3.05, 3.63) is 29.3 Å². The molecule has 92 valence electrons. The van der Waals surface area contributed by atoms with Crippen LogP contribution in [0.25, 0.3) is 0 Å². The molecule has 0 spiro atoms. The number of carbonyl (C=O) groups is 1. The lowest BCUT2D eigenvalue weighted by atomic mass is 10.3. The third-order valence-corrected chi connectivity index (χ3v) is 4.10. The summed E-state index contributed by atoms with van der Waals surface area (Å²) in [5, 5.41) is 0.448. The average Bonchev–Trinajstić information content (AvgIpc) is 2.64.